The van der Waals surface area contributed by atoms with Crippen LogP contribution >= 0.6 is 0 Å². The molecule has 1 aromatic carbocycles. The Kier molecular flexibility index (Phi) is 5.21. The second-order valence-electron chi connectivity index (χ2n) is 5.90. The zero-order valence-corrected chi connectivity index (χ0v) is 14.2. The normalized spacial score (nSPS) is 16.4. The number of amides is 3. The summed E-state index contributed by atoms with van der Waals surface area (Å²) in [5, 5.41) is 0. The number of carbonyl (C=O) groups is 3. The van der Waals surface area contributed by atoms with Gasteiger partial charge in [0.2, 0.25) is 11.8 Å². The molecular weight excluding hydrogens is 338 g/mol. The van der Waals surface area contributed by atoms with Gasteiger partial charge in [-0.3, -0.25) is 25.2 Å². The van der Waals surface area contributed by atoms with Crippen molar-refractivity contribution < 1.29 is 23.5 Å². The zero-order chi connectivity index (χ0) is 18.5. The molecule has 1 aromatic heterocycles. The number of likely N-dealkylation sites (tertiary alicyclic amines) is 1. The highest BCUT2D eigenvalue weighted by Gasteiger charge is 2.34. The van der Waals surface area contributed by atoms with Crippen molar-refractivity contribution >= 4 is 17.7 Å². The molecule has 136 valence electrons. The lowest BCUT2D eigenvalue weighted by Gasteiger charge is -2.15. The number of hydrazine groups is 1. The first-order chi connectivity index (χ1) is 12.6. The van der Waals surface area contributed by atoms with E-state index in [9.17, 15) is 14.4 Å². The van der Waals surface area contributed by atoms with Gasteiger partial charge in [-0.1, -0.05) is 12.1 Å². The first kappa shape index (κ1) is 17.5. The molecule has 1 aliphatic heterocycles. The average molecular weight is 357 g/mol. The van der Waals surface area contributed by atoms with Crippen molar-refractivity contribution in [1.82, 2.24) is 15.8 Å². The van der Waals surface area contributed by atoms with E-state index in [1.165, 1.54) is 13.4 Å². The van der Waals surface area contributed by atoms with Crippen LogP contribution in [-0.4, -0.2) is 36.3 Å². The number of carbonyl (C=O) groups excluding carboxylic acids is 3. The molecule has 8 nitrogen and oxygen atoms in total. The minimum atomic E-state index is -0.532. The van der Waals surface area contributed by atoms with Crippen LogP contribution in [0.3, 0.4) is 0 Å². The molecule has 1 atom stereocenters. The Morgan fingerprint density at radius 2 is 2.04 bits per heavy atom. The van der Waals surface area contributed by atoms with Gasteiger partial charge in [-0.25, -0.2) is 0 Å². The largest absolute Gasteiger partial charge is 0.496 e. The van der Waals surface area contributed by atoms with Crippen molar-refractivity contribution in [1.29, 1.82) is 0 Å². The molecule has 3 amide bonds. The standard InChI is InChI=1S/C18H19N3O5/c1-25-15-7-3-2-6-14(15)18(24)20-19-17(23)12-9-16(22)21(10-12)11-13-5-4-8-26-13/h2-8,12H,9-11H2,1H3,(H,19,23)(H,20,24). The van der Waals surface area contributed by atoms with E-state index in [1.54, 1.807) is 41.3 Å². The third kappa shape index (κ3) is 3.85. The maximum Gasteiger partial charge on any atom is 0.273 e. The number of para-hydroxylation sites is 1. The van der Waals surface area contributed by atoms with Crippen LogP contribution in [0, 0.1) is 5.92 Å². The molecule has 0 aliphatic carbocycles. The van der Waals surface area contributed by atoms with Gasteiger partial charge in [-0.05, 0) is 24.3 Å². The van der Waals surface area contributed by atoms with E-state index in [-0.39, 0.29) is 18.9 Å². The summed E-state index contributed by atoms with van der Waals surface area (Å²) in [7, 11) is 1.46. The van der Waals surface area contributed by atoms with E-state index in [1.807, 2.05) is 0 Å². The van der Waals surface area contributed by atoms with Crippen molar-refractivity contribution in [3.63, 3.8) is 0 Å². The second-order valence-corrected chi connectivity index (χ2v) is 5.90. The number of rotatable bonds is 5. The van der Waals surface area contributed by atoms with Gasteiger partial charge in [0.15, 0.2) is 0 Å². The highest BCUT2D eigenvalue weighted by molar-refractivity contribution is 5.98. The quantitative estimate of drug-likeness (QED) is 0.781. The van der Waals surface area contributed by atoms with Crippen LogP contribution in [0.4, 0.5) is 0 Å². The summed E-state index contributed by atoms with van der Waals surface area (Å²) in [4.78, 5) is 38.1. The van der Waals surface area contributed by atoms with Crippen LogP contribution in [0.15, 0.2) is 47.1 Å². The van der Waals surface area contributed by atoms with E-state index in [0.717, 1.165) is 0 Å². The smallest absolute Gasteiger partial charge is 0.273 e. The van der Waals surface area contributed by atoms with E-state index in [0.29, 0.717) is 23.6 Å². The van der Waals surface area contributed by atoms with Gasteiger partial charge in [0.25, 0.3) is 5.91 Å². The number of hydrogen-bond donors (Lipinski definition) is 2. The van der Waals surface area contributed by atoms with Gasteiger partial charge in [0.1, 0.15) is 11.5 Å². The third-order valence-electron chi connectivity index (χ3n) is 4.16. The lowest BCUT2D eigenvalue weighted by Crippen LogP contribution is -2.45. The van der Waals surface area contributed by atoms with E-state index in [4.69, 9.17) is 9.15 Å². The summed E-state index contributed by atoms with van der Waals surface area (Å²) in [5.41, 5.74) is 5.04. The Labute approximate surface area is 150 Å². The molecule has 8 heteroatoms. The lowest BCUT2D eigenvalue weighted by atomic mass is 10.1. The molecule has 26 heavy (non-hydrogen) atoms. The zero-order valence-electron chi connectivity index (χ0n) is 14.2. The van der Waals surface area contributed by atoms with Crippen LogP contribution < -0.4 is 15.6 Å². The Morgan fingerprint density at radius 1 is 1.23 bits per heavy atom. The average Bonchev–Trinajstić information content (AvgIpc) is 3.30. The van der Waals surface area contributed by atoms with Gasteiger partial charge >= 0.3 is 0 Å². The number of hydrogen-bond acceptors (Lipinski definition) is 5. The molecule has 1 aliphatic rings. The van der Waals surface area contributed by atoms with E-state index < -0.39 is 17.7 Å². The first-order valence-corrected chi connectivity index (χ1v) is 8.12. The topological polar surface area (TPSA) is 101 Å². The van der Waals surface area contributed by atoms with Crippen LogP contribution in [-0.2, 0) is 16.1 Å². The molecule has 1 unspecified atom stereocenters. The number of benzene rings is 1. The van der Waals surface area contributed by atoms with Crippen molar-refractivity contribution in [2.24, 2.45) is 5.92 Å². The summed E-state index contributed by atoms with van der Waals surface area (Å²) < 4.78 is 10.3. The number of nitrogens with one attached hydrogen (secondary N) is 2. The second kappa shape index (κ2) is 7.73. The van der Waals surface area contributed by atoms with Gasteiger partial charge in [-0.2, -0.15) is 0 Å². The van der Waals surface area contributed by atoms with Crippen molar-refractivity contribution in [3.05, 3.63) is 54.0 Å². The molecule has 3 rings (SSSR count). The highest BCUT2D eigenvalue weighted by Crippen LogP contribution is 2.20. The number of ether oxygens (including phenoxy) is 1. The molecule has 0 radical (unpaired) electrons. The van der Waals surface area contributed by atoms with Crippen LogP contribution in [0.25, 0.3) is 0 Å². The van der Waals surface area contributed by atoms with E-state index >= 15 is 0 Å². The maximum absolute atomic E-state index is 12.3. The van der Waals surface area contributed by atoms with Crippen LogP contribution in [0.5, 0.6) is 5.75 Å². The highest BCUT2D eigenvalue weighted by atomic mass is 16.5. The minimum Gasteiger partial charge on any atom is -0.496 e. The summed E-state index contributed by atoms with van der Waals surface area (Å²) in [6, 6.07) is 10.2. The molecule has 0 saturated carbocycles. The van der Waals surface area contributed by atoms with Gasteiger partial charge in [-0.15, -0.1) is 0 Å². The first-order valence-electron chi connectivity index (χ1n) is 8.12. The molecule has 0 spiro atoms. The van der Waals surface area contributed by atoms with Gasteiger partial charge in [0, 0.05) is 13.0 Å². The Balaban J connectivity index is 1.54. The number of furan rings is 1. The van der Waals surface area contributed by atoms with Crippen LogP contribution in [0.1, 0.15) is 22.5 Å². The Hall–Kier alpha value is -3.29. The molecule has 1 fully saturated rings. The summed E-state index contributed by atoms with van der Waals surface area (Å²) in [5.74, 6) is -0.507. The summed E-state index contributed by atoms with van der Waals surface area (Å²) in [6.07, 6.45) is 1.63. The lowest BCUT2D eigenvalue weighted by molar-refractivity contribution is -0.129. The number of methoxy groups -OCH3 is 1. The summed E-state index contributed by atoms with van der Waals surface area (Å²) >= 11 is 0. The molecule has 1 saturated heterocycles. The molecule has 0 bridgehead atoms. The van der Waals surface area contributed by atoms with Gasteiger partial charge < -0.3 is 14.1 Å². The molecule has 2 aromatic rings. The van der Waals surface area contributed by atoms with Crippen molar-refractivity contribution in [3.8, 4) is 5.75 Å². The van der Waals surface area contributed by atoms with Crippen LogP contribution in [0.2, 0.25) is 0 Å². The van der Waals surface area contributed by atoms with E-state index in [2.05, 4.69) is 10.9 Å². The fourth-order valence-electron chi connectivity index (χ4n) is 2.81. The minimum absolute atomic E-state index is 0.0943. The molecule has 2 heterocycles. The fourth-order valence-corrected chi connectivity index (χ4v) is 2.81. The Morgan fingerprint density at radius 3 is 2.77 bits per heavy atom. The third-order valence-corrected chi connectivity index (χ3v) is 4.16. The predicted octanol–water partition coefficient (Wildman–Crippen LogP) is 1.10. The van der Waals surface area contributed by atoms with Crippen molar-refractivity contribution in [2.45, 2.75) is 13.0 Å². The predicted molar refractivity (Wildman–Crippen MR) is 90.8 cm³/mol. The van der Waals surface area contributed by atoms with Gasteiger partial charge in [0.05, 0.1) is 31.4 Å². The fraction of sp³-hybridized carbons (Fsp3) is 0.278. The molecule has 2 N–H and O–H groups in total. The summed E-state index contributed by atoms with van der Waals surface area (Å²) in [6.45, 7) is 0.596. The number of nitrogens with zero attached hydrogens (tertiary/aromatic N) is 1. The SMILES string of the molecule is COc1ccccc1C(=O)NNC(=O)C1CC(=O)N(Cc2ccco2)C1. The molecular formula is C18H19N3O5. The monoisotopic (exact) mass is 357 g/mol. The van der Waals surface area contributed by atoms with Crippen molar-refractivity contribution in [2.75, 3.05) is 13.7 Å². The Bertz CT molecular complexity index is 803. The maximum atomic E-state index is 12.3.